The van der Waals surface area contributed by atoms with Crippen LogP contribution < -0.4 is 5.32 Å². The molecule has 0 spiro atoms. The number of hydrogen-bond donors (Lipinski definition) is 1. The third-order valence-corrected chi connectivity index (χ3v) is 4.50. The molecule has 1 aromatic carbocycles. The van der Waals surface area contributed by atoms with Crippen molar-refractivity contribution in [3.63, 3.8) is 0 Å². The number of pyridine rings is 2. The average Bonchev–Trinajstić information content (AvgIpc) is 2.99. The van der Waals surface area contributed by atoms with Crippen LogP contribution >= 0.6 is 27.5 Å². The molecule has 7 heteroatoms. The van der Waals surface area contributed by atoms with Gasteiger partial charge in [-0.3, -0.25) is 4.40 Å². The third kappa shape index (κ3) is 2.95. The molecule has 4 aromatic rings. The minimum absolute atomic E-state index is 0.631. The molecule has 0 atom stereocenters. The number of nitrogens with zero attached hydrogens (tertiary/aromatic N) is 4. The molecule has 5 nitrogen and oxygen atoms in total. The predicted molar refractivity (Wildman–Crippen MR) is 99.6 cm³/mol. The predicted octanol–water partition coefficient (Wildman–Crippen LogP) is 4.35. The van der Waals surface area contributed by atoms with Gasteiger partial charge in [0.05, 0.1) is 10.5 Å². The summed E-state index contributed by atoms with van der Waals surface area (Å²) in [5.41, 5.74) is 1.64. The first-order valence-electron chi connectivity index (χ1n) is 7.49. The molecule has 1 N–H and O–H groups in total. The molecular weight excluding hydrogens is 390 g/mol. The highest BCUT2D eigenvalue weighted by molar-refractivity contribution is 9.10. The minimum atomic E-state index is 0.631. The number of hydrogen-bond acceptors (Lipinski definition) is 4. The molecule has 0 saturated heterocycles. The van der Waals surface area contributed by atoms with E-state index in [1.165, 1.54) is 0 Å². The molecule has 3 aromatic heterocycles. The second-order valence-corrected chi connectivity index (χ2v) is 6.70. The first-order chi connectivity index (χ1) is 11.7. The van der Waals surface area contributed by atoms with E-state index in [0.717, 1.165) is 39.1 Å². The standard InChI is InChI=1S/C17H13BrClN5/c18-12-9-11-4-5-14(21-17(11)13(19)10-12)20-7-6-16-23-22-15-3-1-2-8-24(15)16/h1-5,8-10H,6-7H2,(H,20,21). The van der Waals surface area contributed by atoms with E-state index in [2.05, 4.69) is 36.4 Å². The molecule has 0 amide bonds. The third-order valence-electron chi connectivity index (χ3n) is 3.75. The maximum absolute atomic E-state index is 6.27. The second kappa shape index (κ2) is 6.37. The fraction of sp³-hybridized carbons (Fsp3) is 0.118. The fourth-order valence-electron chi connectivity index (χ4n) is 2.62. The van der Waals surface area contributed by atoms with E-state index in [9.17, 15) is 0 Å². The maximum Gasteiger partial charge on any atom is 0.160 e. The summed E-state index contributed by atoms with van der Waals surface area (Å²) in [4.78, 5) is 4.59. The van der Waals surface area contributed by atoms with Crippen LogP contribution in [0.2, 0.25) is 5.02 Å². The van der Waals surface area contributed by atoms with Crippen LogP contribution in [0.25, 0.3) is 16.6 Å². The summed E-state index contributed by atoms with van der Waals surface area (Å²) in [7, 11) is 0. The molecule has 0 saturated carbocycles. The lowest BCUT2D eigenvalue weighted by Gasteiger charge is -2.07. The van der Waals surface area contributed by atoms with Gasteiger partial charge in [-0.2, -0.15) is 0 Å². The maximum atomic E-state index is 6.27. The van der Waals surface area contributed by atoms with Gasteiger partial charge >= 0.3 is 0 Å². The molecule has 0 bridgehead atoms. The van der Waals surface area contributed by atoms with Crippen LogP contribution in [-0.2, 0) is 6.42 Å². The number of rotatable bonds is 4. The van der Waals surface area contributed by atoms with Gasteiger partial charge in [0, 0.05) is 29.0 Å². The van der Waals surface area contributed by atoms with Crippen molar-refractivity contribution in [3.8, 4) is 0 Å². The zero-order valence-corrected chi connectivity index (χ0v) is 14.9. The van der Waals surface area contributed by atoms with E-state index >= 15 is 0 Å². The van der Waals surface area contributed by atoms with E-state index in [0.29, 0.717) is 11.6 Å². The summed E-state index contributed by atoms with van der Waals surface area (Å²) in [5, 5.41) is 13.3. The lowest BCUT2D eigenvalue weighted by molar-refractivity contribution is 0.868. The number of anilines is 1. The fourth-order valence-corrected chi connectivity index (χ4v) is 3.50. The highest BCUT2D eigenvalue weighted by atomic mass is 79.9. The van der Waals surface area contributed by atoms with Gasteiger partial charge < -0.3 is 5.32 Å². The first kappa shape index (κ1) is 15.4. The monoisotopic (exact) mass is 401 g/mol. The van der Waals surface area contributed by atoms with Gasteiger partial charge in [0.15, 0.2) is 5.65 Å². The van der Waals surface area contributed by atoms with E-state index in [-0.39, 0.29) is 0 Å². The summed E-state index contributed by atoms with van der Waals surface area (Å²) in [6.07, 6.45) is 2.72. The van der Waals surface area contributed by atoms with Gasteiger partial charge in [0.1, 0.15) is 11.6 Å². The van der Waals surface area contributed by atoms with Gasteiger partial charge in [0.25, 0.3) is 0 Å². The molecule has 0 radical (unpaired) electrons. The molecule has 120 valence electrons. The van der Waals surface area contributed by atoms with Crippen LogP contribution in [0.5, 0.6) is 0 Å². The normalized spacial score (nSPS) is 11.2. The molecule has 24 heavy (non-hydrogen) atoms. The van der Waals surface area contributed by atoms with Gasteiger partial charge in [-0.25, -0.2) is 4.98 Å². The summed E-state index contributed by atoms with van der Waals surface area (Å²) in [6, 6.07) is 13.7. The van der Waals surface area contributed by atoms with Crippen molar-refractivity contribution in [2.45, 2.75) is 6.42 Å². The van der Waals surface area contributed by atoms with Gasteiger partial charge in [-0.05, 0) is 36.4 Å². The highest BCUT2D eigenvalue weighted by Crippen LogP contribution is 2.27. The first-order valence-corrected chi connectivity index (χ1v) is 8.66. The topological polar surface area (TPSA) is 55.1 Å². The van der Waals surface area contributed by atoms with Crippen LogP contribution in [0.1, 0.15) is 5.82 Å². The molecule has 4 rings (SSSR count). The van der Waals surface area contributed by atoms with Gasteiger partial charge in [0.2, 0.25) is 0 Å². The van der Waals surface area contributed by atoms with Crippen molar-refractivity contribution >= 4 is 49.9 Å². The van der Waals surface area contributed by atoms with Crippen LogP contribution in [0.15, 0.2) is 53.1 Å². The quantitative estimate of drug-likeness (QED) is 0.551. The highest BCUT2D eigenvalue weighted by Gasteiger charge is 2.06. The number of nitrogens with one attached hydrogen (secondary N) is 1. The number of aromatic nitrogens is 4. The molecule has 3 heterocycles. The van der Waals surface area contributed by atoms with E-state index in [1.54, 1.807) is 0 Å². The SMILES string of the molecule is Clc1cc(Br)cc2ccc(NCCc3nnc4ccccn34)nc12. The second-order valence-electron chi connectivity index (χ2n) is 5.38. The Balaban J connectivity index is 1.51. The summed E-state index contributed by atoms with van der Waals surface area (Å²) >= 11 is 9.72. The summed E-state index contributed by atoms with van der Waals surface area (Å²) in [6.45, 7) is 0.711. The molecule has 0 fully saturated rings. The Morgan fingerprint density at radius 3 is 2.96 bits per heavy atom. The molecule has 0 aliphatic rings. The van der Waals surface area contributed by atoms with Crippen molar-refractivity contribution in [3.05, 3.63) is 64.0 Å². The van der Waals surface area contributed by atoms with Crippen LogP contribution in [0.4, 0.5) is 5.82 Å². The Labute approximate surface area is 151 Å². The lowest BCUT2D eigenvalue weighted by Crippen LogP contribution is -2.08. The summed E-state index contributed by atoms with van der Waals surface area (Å²) in [5.74, 6) is 1.71. The molecular formula is C17H13BrClN5. The Hall–Kier alpha value is -2.18. The van der Waals surface area contributed by atoms with Crippen molar-refractivity contribution in [2.24, 2.45) is 0 Å². The summed E-state index contributed by atoms with van der Waals surface area (Å²) < 4.78 is 2.94. The Morgan fingerprint density at radius 2 is 2.04 bits per heavy atom. The van der Waals surface area contributed by atoms with E-state index in [1.807, 2.05) is 53.1 Å². The molecule has 0 unspecified atom stereocenters. The van der Waals surface area contributed by atoms with Crippen molar-refractivity contribution in [1.82, 2.24) is 19.6 Å². The smallest absolute Gasteiger partial charge is 0.160 e. The zero-order valence-electron chi connectivity index (χ0n) is 12.6. The largest absolute Gasteiger partial charge is 0.370 e. The van der Waals surface area contributed by atoms with E-state index < -0.39 is 0 Å². The lowest BCUT2D eigenvalue weighted by atomic mass is 10.2. The van der Waals surface area contributed by atoms with Crippen molar-refractivity contribution < 1.29 is 0 Å². The molecule has 0 aliphatic heterocycles. The van der Waals surface area contributed by atoms with Gasteiger partial charge in [-0.1, -0.05) is 33.6 Å². The van der Waals surface area contributed by atoms with Crippen LogP contribution in [-0.4, -0.2) is 26.1 Å². The Kier molecular flexibility index (Phi) is 4.08. The zero-order chi connectivity index (χ0) is 16.5. The van der Waals surface area contributed by atoms with Crippen LogP contribution in [0, 0.1) is 0 Å². The van der Waals surface area contributed by atoms with E-state index in [4.69, 9.17) is 11.6 Å². The van der Waals surface area contributed by atoms with Gasteiger partial charge in [-0.15, -0.1) is 10.2 Å². The Bertz CT molecular complexity index is 1030. The average molecular weight is 403 g/mol. The number of fused-ring (bicyclic) bond motifs is 2. The number of benzene rings is 1. The van der Waals surface area contributed by atoms with Crippen molar-refractivity contribution in [2.75, 3.05) is 11.9 Å². The number of halogens is 2. The van der Waals surface area contributed by atoms with Crippen LogP contribution in [0.3, 0.4) is 0 Å². The Morgan fingerprint density at radius 1 is 1.12 bits per heavy atom. The molecule has 0 aliphatic carbocycles. The minimum Gasteiger partial charge on any atom is -0.370 e. The van der Waals surface area contributed by atoms with Crippen molar-refractivity contribution in [1.29, 1.82) is 0 Å².